The normalized spacial score (nSPS) is 11.8. The van der Waals surface area contributed by atoms with Crippen LogP contribution < -0.4 is 10.6 Å². The van der Waals surface area contributed by atoms with Crippen LogP contribution in [0.5, 0.6) is 0 Å². The number of rotatable bonds is 7. The molecule has 0 aromatic heterocycles. The van der Waals surface area contributed by atoms with Crippen LogP contribution in [0.25, 0.3) is 0 Å². The Labute approximate surface area is 106 Å². The molecule has 0 radical (unpaired) electrons. The Bertz CT molecular complexity index is 304. The Morgan fingerprint density at radius 1 is 1.28 bits per heavy atom. The van der Waals surface area contributed by atoms with Gasteiger partial charge in [0, 0.05) is 13.0 Å². The third-order valence-electron chi connectivity index (χ3n) is 2.26. The Morgan fingerprint density at radius 2 is 1.89 bits per heavy atom. The van der Waals surface area contributed by atoms with Crippen molar-refractivity contribution in [1.82, 2.24) is 10.6 Å². The minimum Gasteiger partial charge on any atom is -0.481 e. The van der Waals surface area contributed by atoms with Crippen LogP contribution in [0.1, 0.15) is 26.7 Å². The number of amides is 2. The number of carboxylic acids is 1. The molecular weight excluding hydrogens is 240 g/mol. The van der Waals surface area contributed by atoms with Crippen LogP contribution in [-0.2, 0) is 14.3 Å². The summed E-state index contributed by atoms with van der Waals surface area (Å²) in [7, 11) is 1.25. The third-order valence-corrected chi connectivity index (χ3v) is 2.26. The summed E-state index contributed by atoms with van der Waals surface area (Å²) in [6.45, 7) is 3.81. The molecule has 0 aliphatic heterocycles. The Morgan fingerprint density at radius 3 is 2.33 bits per heavy atom. The van der Waals surface area contributed by atoms with Crippen molar-refractivity contribution in [2.45, 2.75) is 32.7 Å². The second-order valence-corrected chi connectivity index (χ2v) is 4.14. The first kappa shape index (κ1) is 16.2. The summed E-state index contributed by atoms with van der Waals surface area (Å²) in [6.07, 6.45) is 0.332. The van der Waals surface area contributed by atoms with E-state index in [0.29, 0.717) is 6.42 Å². The van der Waals surface area contributed by atoms with E-state index in [4.69, 9.17) is 5.11 Å². The van der Waals surface area contributed by atoms with Crippen molar-refractivity contribution in [2.75, 3.05) is 13.7 Å². The van der Waals surface area contributed by atoms with E-state index in [1.807, 2.05) is 0 Å². The smallest absolute Gasteiger partial charge is 0.328 e. The van der Waals surface area contributed by atoms with Crippen molar-refractivity contribution in [1.29, 1.82) is 0 Å². The molecule has 1 unspecified atom stereocenters. The number of methoxy groups -OCH3 is 1. The molecule has 3 N–H and O–H groups in total. The quantitative estimate of drug-likeness (QED) is 0.452. The SMILES string of the molecule is COC(=O)C(NC(=O)NCCCC(=O)O)C(C)C. The lowest BCUT2D eigenvalue weighted by Gasteiger charge is -2.19. The summed E-state index contributed by atoms with van der Waals surface area (Å²) in [6, 6.07) is -1.22. The summed E-state index contributed by atoms with van der Waals surface area (Å²) in [5.41, 5.74) is 0. The zero-order valence-electron chi connectivity index (χ0n) is 10.9. The standard InChI is InChI=1S/C11H20N2O5/c1-7(2)9(10(16)18-3)13-11(17)12-6-4-5-8(14)15/h7,9H,4-6H2,1-3H3,(H,14,15)(H2,12,13,17). The summed E-state index contributed by atoms with van der Waals surface area (Å²) in [5, 5.41) is 13.4. The van der Waals surface area contributed by atoms with E-state index < -0.39 is 24.0 Å². The van der Waals surface area contributed by atoms with Gasteiger partial charge in [0.1, 0.15) is 6.04 Å². The first-order valence-electron chi connectivity index (χ1n) is 5.72. The van der Waals surface area contributed by atoms with Gasteiger partial charge < -0.3 is 20.5 Å². The van der Waals surface area contributed by atoms with Crippen molar-refractivity contribution in [3.63, 3.8) is 0 Å². The minimum absolute atomic E-state index is 0.00904. The minimum atomic E-state index is -0.910. The highest BCUT2D eigenvalue weighted by molar-refractivity contribution is 5.83. The van der Waals surface area contributed by atoms with Gasteiger partial charge in [-0.25, -0.2) is 9.59 Å². The fourth-order valence-corrected chi connectivity index (χ4v) is 1.26. The molecule has 0 aromatic rings. The molecule has 0 aromatic carbocycles. The molecule has 0 aliphatic carbocycles. The maximum Gasteiger partial charge on any atom is 0.328 e. The monoisotopic (exact) mass is 260 g/mol. The number of aliphatic carboxylic acids is 1. The number of carbonyl (C=O) groups excluding carboxylic acids is 2. The van der Waals surface area contributed by atoms with E-state index in [0.717, 1.165) is 0 Å². The molecule has 104 valence electrons. The average Bonchev–Trinajstić information content (AvgIpc) is 2.30. The van der Waals surface area contributed by atoms with Crippen LogP contribution in [-0.4, -0.2) is 42.8 Å². The predicted octanol–water partition coefficient (Wildman–Crippen LogP) is 0.348. The largest absolute Gasteiger partial charge is 0.481 e. The van der Waals surface area contributed by atoms with Gasteiger partial charge in [-0.3, -0.25) is 4.79 Å². The molecule has 18 heavy (non-hydrogen) atoms. The van der Waals surface area contributed by atoms with Crippen LogP contribution in [0.3, 0.4) is 0 Å². The second-order valence-electron chi connectivity index (χ2n) is 4.14. The highest BCUT2D eigenvalue weighted by Crippen LogP contribution is 2.03. The van der Waals surface area contributed by atoms with E-state index in [-0.39, 0.29) is 18.9 Å². The maximum absolute atomic E-state index is 11.4. The lowest BCUT2D eigenvalue weighted by Crippen LogP contribution is -2.49. The Balaban J connectivity index is 4.03. The molecule has 0 heterocycles. The number of nitrogens with one attached hydrogen (secondary N) is 2. The molecule has 0 fully saturated rings. The lowest BCUT2D eigenvalue weighted by molar-refractivity contribution is -0.144. The van der Waals surface area contributed by atoms with E-state index >= 15 is 0 Å². The van der Waals surface area contributed by atoms with E-state index in [9.17, 15) is 14.4 Å². The Kier molecular flexibility index (Phi) is 7.50. The van der Waals surface area contributed by atoms with E-state index in [2.05, 4.69) is 15.4 Å². The van der Waals surface area contributed by atoms with Crippen LogP contribution in [0.4, 0.5) is 4.79 Å². The fourth-order valence-electron chi connectivity index (χ4n) is 1.26. The third kappa shape index (κ3) is 6.72. The molecule has 2 amide bonds. The van der Waals surface area contributed by atoms with Gasteiger partial charge in [0.2, 0.25) is 0 Å². The van der Waals surface area contributed by atoms with Gasteiger partial charge in [-0.15, -0.1) is 0 Å². The molecule has 0 bridgehead atoms. The van der Waals surface area contributed by atoms with Crippen LogP contribution in [0, 0.1) is 5.92 Å². The molecule has 0 spiro atoms. The zero-order chi connectivity index (χ0) is 14.1. The number of ether oxygens (including phenoxy) is 1. The van der Waals surface area contributed by atoms with Crippen molar-refractivity contribution in [2.24, 2.45) is 5.92 Å². The molecule has 0 aliphatic rings. The highest BCUT2D eigenvalue weighted by atomic mass is 16.5. The van der Waals surface area contributed by atoms with Crippen molar-refractivity contribution in [3.8, 4) is 0 Å². The van der Waals surface area contributed by atoms with Crippen molar-refractivity contribution < 1.29 is 24.2 Å². The molecule has 1 atom stereocenters. The topological polar surface area (TPSA) is 105 Å². The number of esters is 1. The lowest BCUT2D eigenvalue weighted by atomic mass is 10.1. The summed E-state index contributed by atoms with van der Waals surface area (Å²) in [5.74, 6) is -1.51. The Hall–Kier alpha value is -1.79. The molecule has 7 heteroatoms. The van der Waals surface area contributed by atoms with Gasteiger partial charge >= 0.3 is 18.0 Å². The van der Waals surface area contributed by atoms with Gasteiger partial charge in [0.25, 0.3) is 0 Å². The number of urea groups is 1. The molecule has 7 nitrogen and oxygen atoms in total. The van der Waals surface area contributed by atoms with Gasteiger partial charge in [-0.1, -0.05) is 13.8 Å². The van der Waals surface area contributed by atoms with Crippen LogP contribution in [0.2, 0.25) is 0 Å². The van der Waals surface area contributed by atoms with E-state index in [1.165, 1.54) is 7.11 Å². The molecule has 0 saturated heterocycles. The predicted molar refractivity (Wildman–Crippen MR) is 64.0 cm³/mol. The van der Waals surface area contributed by atoms with Gasteiger partial charge in [-0.05, 0) is 12.3 Å². The number of carboxylic acid groups (broad SMARTS) is 1. The van der Waals surface area contributed by atoms with Crippen molar-refractivity contribution >= 4 is 18.0 Å². The van der Waals surface area contributed by atoms with Gasteiger partial charge in [0.05, 0.1) is 7.11 Å². The summed E-state index contributed by atoms with van der Waals surface area (Å²) in [4.78, 5) is 33.1. The zero-order valence-corrected chi connectivity index (χ0v) is 10.9. The summed E-state index contributed by atoms with van der Waals surface area (Å²) >= 11 is 0. The molecular formula is C11H20N2O5. The number of hydrogen-bond donors (Lipinski definition) is 3. The maximum atomic E-state index is 11.4. The first-order chi connectivity index (χ1) is 8.38. The molecule has 0 saturated carbocycles. The van der Waals surface area contributed by atoms with Crippen molar-refractivity contribution in [3.05, 3.63) is 0 Å². The summed E-state index contributed by atoms with van der Waals surface area (Å²) < 4.78 is 4.57. The average molecular weight is 260 g/mol. The van der Waals surface area contributed by atoms with E-state index in [1.54, 1.807) is 13.8 Å². The molecule has 0 rings (SSSR count). The van der Waals surface area contributed by atoms with Crippen LogP contribution in [0.15, 0.2) is 0 Å². The fraction of sp³-hybridized carbons (Fsp3) is 0.727. The van der Waals surface area contributed by atoms with Crippen LogP contribution >= 0.6 is 0 Å². The first-order valence-corrected chi connectivity index (χ1v) is 5.72. The second kappa shape index (κ2) is 8.32. The number of hydrogen-bond acceptors (Lipinski definition) is 4. The van der Waals surface area contributed by atoms with Gasteiger partial charge in [0.15, 0.2) is 0 Å². The van der Waals surface area contributed by atoms with Gasteiger partial charge in [-0.2, -0.15) is 0 Å². The number of carbonyl (C=O) groups is 3. The highest BCUT2D eigenvalue weighted by Gasteiger charge is 2.24.